The highest BCUT2D eigenvalue weighted by Gasteiger charge is 2.14. The number of hydrogen-bond acceptors (Lipinski definition) is 4. The lowest BCUT2D eigenvalue weighted by Gasteiger charge is -2.09. The monoisotopic (exact) mass is 341 g/mol. The highest BCUT2D eigenvalue weighted by atomic mass is 32.2. The van der Waals surface area contributed by atoms with E-state index >= 15 is 0 Å². The third-order valence-corrected chi connectivity index (χ3v) is 5.03. The fourth-order valence-electron chi connectivity index (χ4n) is 1.77. The van der Waals surface area contributed by atoms with Gasteiger partial charge in [0, 0.05) is 24.2 Å². The van der Waals surface area contributed by atoms with Crippen molar-refractivity contribution >= 4 is 27.5 Å². The highest BCUT2D eigenvalue weighted by molar-refractivity contribution is 7.90. The second-order valence-corrected chi connectivity index (χ2v) is 7.76. The lowest BCUT2D eigenvalue weighted by atomic mass is 10.2. The number of unbranched alkanes of at least 4 members (excludes halogenated alkanes) is 1. The molecular weight excluding hydrogens is 318 g/mol. The summed E-state index contributed by atoms with van der Waals surface area (Å²) >= 11 is 0. The van der Waals surface area contributed by atoms with Crippen LogP contribution in [0.3, 0.4) is 0 Å². The first kappa shape index (κ1) is 19.1. The van der Waals surface area contributed by atoms with Crippen LogP contribution in [-0.2, 0) is 14.8 Å². The third-order valence-electron chi connectivity index (χ3n) is 3.19. The van der Waals surface area contributed by atoms with E-state index < -0.39 is 21.2 Å². The van der Waals surface area contributed by atoms with E-state index in [9.17, 15) is 18.0 Å². The molecule has 7 nitrogen and oxygen atoms in total. The van der Waals surface area contributed by atoms with E-state index in [2.05, 4.69) is 10.0 Å². The number of amides is 2. The van der Waals surface area contributed by atoms with Gasteiger partial charge >= 0.3 is 0 Å². The number of anilines is 1. The average molecular weight is 341 g/mol. The number of primary amides is 1. The van der Waals surface area contributed by atoms with Crippen LogP contribution in [0.4, 0.5) is 5.69 Å². The van der Waals surface area contributed by atoms with Crippen molar-refractivity contribution in [2.75, 3.05) is 11.9 Å². The summed E-state index contributed by atoms with van der Waals surface area (Å²) in [5.41, 5.74) is 6.01. The Balaban J connectivity index is 2.33. The summed E-state index contributed by atoms with van der Waals surface area (Å²) in [6, 6.07) is 6.38. The van der Waals surface area contributed by atoms with Crippen molar-refractivity contribution in [1.29, 1.82) is 0 Å². The Morgan fingerprint density at radius 1 is 1.22 bits per heavy atom. The molecule has 0 aromatic heterocycles. The summed E-state index contributed by atoms with van der Waals surface area (Å²) in [5.74, 6) is -0.753. The SMILES string of the molecule is CC(C)S(=O)(=O)NCCCCC(=O)Nc1cccc(C(N)=O)c1. The van der Waals surface area contributed by atoms with Crippen molar-refractivity contribution in [3.05, 3.63) is 29.8 Å². The smallest absolute Gasteiger partial charge is 0.248 e. The van der Waals surface area contributed by atoms with Gasteiger partial charge in [-0.05, 0) is 44.9 Å². The van der Waals surface area contributed by atoms with Crippen LogP contribution in [0.2, 0.25) is 0 Å². The summed E-state index contributed by atoms with van der Waals surface area (Å²) < 4.78 is 25.5. The van der Waals surface area contributed by atoms with Gasteiger partial charge in [-0.15, -0.1) is 0 Å². The molecule has 0 atom stereocenters. The number of nitrogens with two attached hydrogens (primary N) is 1. The molecule has 0 heterocycles. The Hall–Kier alpha value is -1.93. The number of hydrogen-bond donors (Lipinski definition) is 3. The zero-order chi connectivity index (χ0) is 17.5. The summed E-state index contributed by atoms with van der Waals surface area (Å²) in [7, 11) is -3.25. The van der Waals surface area contributed by atoms with E-state index in [-0.39, 0.29) is 12.3 Å². The van der Waals surface area contributed by atoms with Gasteiger partial charge in [-0.1, -0.05) is 6.07 Å². The Morgan fingerprint density at radius 2 is 1.91 bits per heavy atom. The van der Waals surface area contributed by atoms with Crippen molar-refractivity contribution in [3.8, 4) is 0 Å². The normalized spacial score (nSPS) is 11.4. The van der Waals surface area contributed by atoms with Gasteiger partial charge in [-0.2, -0.15) is 0 Å². The van der Waals surface area contributed by atoms with Gasteiger partial charge in [0.15, 0.2) is 0 Å². The molecule has 0 fully saturated rings. The van der Waals surface area contributed by atoms with E-state index in [1.165, 1.54) is 6.07 Å². The number of sulfonamides is 1. The second-order valence-electron chi connectivity index (χ2n) is 5.44. The van der Waals surface area contributed by atoms with Gasteiger partial charge in [-0.3, -0.25) is 9.59 Å². The molecule has 0 spiro atoms. The van der Waals surface area contributed by atoms with Crippen LogP contribution < -0.4 is 15.8 Å². The maximum Gasteiger partial charge on any atom is 0.248 e. The number of carbonyl (C=O) groups is 2. The van der Waals surface area contributed by atoms with Gasteiger partial charge in [0.05, 0.1) is 5.25 Å². The number of benzene rings is 1. The molecular formula is C15H23N3O4S. The van der Waals surface area contributed by atoms with E-state index in [1.54, 1.807) is 32.0 Å². The Labute approximate surface area is 136 Å². The maximum atomic E-state index is 11.8. The summed E-state index contributed by atoms with van der Waals surface area (Å²) in [6.45, 7) is 3.52. The molecule has 0 aliphatic rings. The fourth-order valence-corrected chi connectivity index (χ4v) is 2.53. The first-order valence-electron chi connectivity index (χ1n) is 7.40. The molecule has 128 valence electrons. The number of nitrogens with one attached hydrogen (secondary N) is 2. The highest BCUT2D eigenvalue weighted by Crippen LogP contribution is 2.11. The van der Waals surface area contributed by atoms with E-state index in [4.69, 9.17) is 5.73 Å². The molecule has 0 aliphatic carbocycles. The van der Waals surface area contributed by atoms with Crippen molar-refractivity contribution < 1.29 is 18.0 Å². The van der Waals surface area contributed by atoms with Crippen LogP contribution in [0.25, 0.3) is 0 Å². The molecule has 0 bridgehead atoms. The first-order valence-corrected chi connectivity index (χ1v) is 8.95. The zero-order valence-corrected chi connectivity index (χ0v) is 14.2. The molecule has 4 N–H and O–H groups in total. The minimum atomic E-state index is -3.25. The van der Waals surface area contributed by atoms with Gasteiger partial charge in [-0.25, -0.2) is 13.1 Å². The molecule has 0 aliphatic heterocycles. The van der Waals surface area contributed by atoms with Crippen LogP contribution in [0.15, 0.2) is 24.3 Å². The molecule has 8 heteroatoms. The standard InChI is InChI=1S/C15H23N3O4S/c1-11(2)23(21,22)17-9-4-3-8-14(19)18-13-7-5-6-12(10-13)15(16)20/h5-7,10-11,17H,3-4,8-9H2,1-2H3,(H2,16,20)(H,18,19). The Bertz CT molecular complexity index is 656. The minimum Gasteiger partial charge on any atom is -0.366 e. The number of carbonyl (C=O) groups excluding carboxylic acids is 2. The van der Waals surface area contributed by atoms with E-state index in [0.29, 0.717) is 30.6 Å². The molecule has 1 rings (SSSR count). The number of rotatable bonds is 9. The van der Waals surface area contributed by atoms with Crippen molar-refractivity contribution in [1.82, 2.24) is 4.72 Å². The van der Waals surface area contributed by atoms with Crippen LogP contribution in [0.5, 0.6) is 0 Å². The molecule has 0 saturated heterocycles. The summed E-state index contributed by atoms with van der Waals surface area (Å²) in [5, 5.41) is 2.21. The molecule has 1 aromatic carbocycles. The Kier molecular flexibility index (Phi) is 7.18. The van der Waals surface area contributed by atoms with Crippen LogP contribution >= 0.6 is 0 Å². The van der Waals surface area contributed by atoms with Gasteiger partial charge < -0.3 is 11.1 Å². The largest absolute Gasteiger partial charge is 0.366 e. The fraction of sp³-hybridized carbons (Fsp3) is 0.467. The third kappa shape index (κ3) is 6.79. The van der Waals surface area contributed by atoms with Crippen molar-refractivity contribution in [2.45, 2.75) is 38.4 Å². The minimum absolute atomic E-state index is 0.196. The van der Waals surface area contributed by atoms with Crippen molar-refractivity contribution in [2.24, 2.45) is 5.73 Å². The van der Waals surface area contributed by atoms with Crippen LogP contribution in [0.1, 0.15) is 43.5 Å². The van der Waals surface area contributed by atoms with E-state index in [1.807, 2.05) is 0 Å². The Morgan fingerprint density at radius 3 is 2.52 bits per heavy atom. The topological polar surface area (TPSA) is 118 Å². The zero-order valence-electron chi connectivity index (χ0n) is 13.3. The lowest BCUT2D eigenvalue weighted by Crippen LogP contribution is -2.31. The van der Waals surface area contributed by atoms with Gasteiger partial charge in [0.25, 0.3) is 0 Å². The molecule has 1 aromatic rings. The van der Waals surface area contributed by atoms with Crippen LogP contribution in [0, 0.1) is 0 Å². The van der Waals surface area contributed by atoms with Crippen LogP contribution in [-0.4, -0.2) is 32.0 Å². The molecule has 0 radical (unpaired) electrons. The first-order chi connectivity index (χ1) is 10.7. The quantitative estimate of drug-likeness (QED) is 0.585. The predicted octanol–water partition coefficient (Wildman–Crippen LogP) is 1.22. The van der Waals surface area contributed by atoms with Crippen molar-refractivity contribution in [3.63, 3.8) is 0 Å². The summed E-state index contributed by atoms with van der Waals surface area (Å²) in [6.07, 6.45) is 1.40. The molecule has 2 amide bonds. The lowest BCUT2D eigenvalue weighted by molar-refractivity contribution is -0.116. The molecule has 23 heavy (non-hydrogen) atoms. The maximum absolute atomic E-state index is 11.8. The molecule has 0 saturated carbocycles. The summed E-state index contributed by atoms with van der Waals surface area (Å²) in [4.78, 5) is 22.9. The average Bonchev–Trinajstić information content (AvgIpc) is 2.46. The van der Waals surface area contributed by atoms with Gasteiger partial charge in [0.1, 0.15) is 0 Å². The van der Waals surface area contributed by atoms with E-state index in [0.717, 1.165) is 0 Å². The molecule has 0 unspecified atom stereocenters. The second kappa shape index (κ2) is 8.64. The predicted molar refractivity (Wildman–Crippen MR) is 89.5 cm³/mol. The van der Waals surface area contributed by atoms with Gasteiger partial charge in [0.2, 0.25) is 21.8 Å².